The number of benzene rings is 1. The summed E-state index contributed by atoms with van der Waals surface area (Å²) in [6.45, 7) is 8.52. The summed E-state index contributed by atoms with van der Waals surface area (Å²) in [6.07, 6.45) is 3.59. The Morgan fingerprint density at radius 2 is 1.80 bits per heavy atom. The van der Waals surface area contributed by atoms with E-state index in [4.69, 9.17) is 0 Å². The SMILES string of the molecule is C=C1CCCN(c2ccc(C)cc2)CC1. The lowest BCUT2D eigenvalue weighted by atomic mass is 10.1. The van der Waals surface area contributed by atoms with Crippen LogP contribution in [0.15, 0.2) is 36.4 Å². The molecule has 0 atom stereocenters. The summed E-state index contributed by atoms with van der Waals surface area (Å²) in [5.41, 5.74) is 4.10. The molecular formula is C14H19N. The van der Waals surface area contributed by atoms with Gasteiger partial charge in [-0.25, -0.2) is 0 Å². The molecule has 0 bridgehead atoms. The van der Waals surface area contributed by atoms with Crippen LogP contribution >= 0.6 is 0 Å². The normalized spacial score (nSPS) is 17.7. The monoisotopic (exact) mass is 201 g/mol. The van der Waals surface area contributed by atoms with Crippen molar-refractivity contribution in [1.82, 2.24) is 0 Å². The molecule has 1 heteroatoms. The van der Waals surface area contributed by atoms with Crippen LogP contribution in [0, 0.1) is 6.92 Å². The van der Waals surface area contributed by atoms with Gasteiger partial charge in [-0.1, -0.05) is 29.8 Å². The van der Waals surface area contributed by atoms with Crippen molar-refractivity contribution in [3.63, 3.8) is 0 Å². The molecule has 0 radical (unpaired) electrons. The first-order chi connectivity index (χ1) is 7.25. The van der Waals surface area contributed by atoms with Crippen LogP contribution in [0.25, 0.3) is 0 Å². The minimum Gasteiger partial charge on any atom is -0.371 e. The van der Waals surface area contributed by atoms with E-state index in [0.717, 1.165) is 13.0 Å². The summed E-state index contributed by atoms with van der Waals surface area (Å²) in [7, 11) is 0. The minimum absolute atomic E-state index is 1.13. The van der Waals surface area contributed by atoms with E-state index >= 15 is 0 Å². The Bertz CT molecular complexity index is 337. The van der Waals surface area contributed by atoms with Gasteiger partial charge in [-0.15, -0.1) is 0 Å². The molecule has 1 aliphatic heterocycles. The zero-order valence-electron chi connectivity index (χ0n) is 9.50. The predicted molar refractivity (Wildman–Crippen MR) is 66.4 cm³/mol. The molecule has 0 saturated carbocycles. The highest BCUT2D eigenvalue weighted by Gasteiger charge is 2.10. The molecule has 2 rings (SSSR count). The first-order valence-corrected chi connectivity index (χ1v) is 5.74. The van der Waals surface area contributed by atoms with E-state index in [1.807, 2.05) is 0 Å². The van der Waals surface area contributed by atoms with Gasteiger partial charge in [0, 0.05) is 18.8 Å². The van der Waals surface area contributed by atoms with Crippen molar-refractivity contribution >= 4 is 5.69 Å². The molecule has 0 unspecified atom stereocenters. The molecule has 1 aliphatic rings. The predicted octanol–water partition coefficient (Wildman–Crippen LogP) is 3.54. The molecule has 0 N–H and O–H groups in total. The Balaban J connectivity index is 2.09. The van der Waals surface area contributed by atoms with E-state index in [2.05, 4.69) is 42.7 Å². The van der Waals surface area contributed by atoms with Crippen LogP contribution in [0.5, 0.6) is 0 Å². The fourth-order valence-electron chi connectivity index (χ4n) is 2.06. The third-order valence-corrected chi connectivity index (χ3v) is 3.09. The van der Waals surface area contributed by atoms with Gasteiger partial charge in [0.25, 0.3) is 0 Å². The summed E-state index contributed by atoms with van der Waals surface area (Å²) in [6, 6.07) is 8.83. The topological polar surface area (TPSA) is 3.24 Å². The molecule has 15 heavy (non-hydrogen) atoms. The van der Waals surface area contributed by atoms with Gasteiger partial charge in [0.15, 0.2) is 0 Å². The number of rotatable bonds is 1. The zero-order chi connectivity index (χ0) is 10.7. The van der Waals surface area contributed by atoms with Gasteiger partial charge in [0.05, 0.1) is 0 Å². The molecule has 1 aromatic carbocycles. The molecule has 0 aliphatic carbocycles. The highest BCUT2D eigenvalue weighted by Crippen LogP contribution is 2.21. The first-order valence-electron chi connectivity index (χ1n) is 5.74. The third-order valence-electron chi connectivity index (χ3n) is 3.09. The van der Waals surface area contributed by atoms with Crippen molar-refractivity contribution < 1.29 is 0 Å². The van der Waals surface area contributed by atoms with Crippen LogP contribution in [0.1, 0.15) is 24.8 Å². The summed E-state index contributed by atoms with van der Waals surface area (Å²) < 4.78 is 0. The maximum atomic E-state index is 4.09. The molecule has 1 saturated heterocycles. The number of hydrogen-bond donors (Lipinski definition) is 0. The van der Waals surface area contributed by atoms with E-state index in [1.165, 1.54) is 36.2 Å². The van der Waals surface area contributed by atoms with Crippen molar-refractivity contribution in [1.29, 1.82) is 0 Å². The highest BCUT2D eigenvalue weighted by molar-refractivity contribution is 5.47. The van der Waals surface area contributed by atoms with Crippen molar-refractivity contribution in [2.75, 3.05) is 18.0 Å². The van der Waals surface area contributed by atoms with Gasteiger partial charge >= 0.3 is 0 Å². The van der Waals surface area contributed by atoms with Crippen molar-refractivity contribution in [2.24, 2.45) is 0 Å². The minimum atomic E-state index is 1.13. The van der Waals surface area contributed by atoms with Crippen LogP contribution in [0.2, 0.25) is 0 Å². The van der Waals surface area contributed by atoms with Crippen molar-refractivity contribution in [3.05, 3.63) is 42.0 Å². The fourth-order valence-corrected chi connectivity index (χ4v) is 2.06. The molecular weight excluding hydrogens is 182 g/mol. The average Bonchev–Trinajstić information content (AvgIpc) is 2.44. The Kier molecular flexibility index (Phi) is 3.10. The molecule has 0 amide bonds. The largest absolute Gasteiger partial charge is 0.371 e. The van der Waals surface area contributed by atoms with Gasteiger partial charge in [-0.2, -0.15) is 0 Å². The van der Waals surface area contributed by atoms with Gasteiger partial charge in [-0.05, 0) is 38.3 Å². The average molecular weight is 201 g/mol. The van der Waals surface area contributed by atoms with Gasteiger partial charge in [-0.3, -0.25) is 0 Å². The summed E-state index contributed by atoms with van der Waals surface area (Å²) >= 11 is 0. The number of hydrogen-bond acceptors (Lipinski definition) is 1. The van der Waals surface area contributed by atoms with Crippen LogP contribution in [-0.4, -0.2) is 13.1 Å². The lowest BCUT2D eigenvalue weighted by Crippen LogP contribution is -2.23. The quantitative estimate of drug-likeness (QED) is 0.628. The first kappa shape index (κ1) is 10.3. The molecule has 1 aromatic rings. The van der Waals surface area contributed by atoms with Crippen molar-refractivity contribution in [2.45, 2.75) is 26.2 Å². The maximum absolute atomic E-state index is 4.09. The lowest BCUT2D eigenvalue weighted by molar-refractivity contribution is 0.790. The molecule has 0 spiro atoms. The Hall–Kier alpha value is -1.24. The smallest absolute Gasteiger partial charge is 0.0366 e. The van der Waals surface area contributed by atoms with E-state index in [1.54, 1.807) is 0 Å². The third kappa shape index (κ3) is 2.62. The number of anilines is 1. The van der Waals surface area contributed by atoms with Crippen LogP contribution < -0.4 is 4.90 Å². The molecule has 1 nitrogen and oxygen atoms in total. The molecule has 80 valence electrons. The van der Waals surface area contributed by atoms with Crippen LogP contribution in [0.4, 0.5) is 5.69 Å². The van der Waals surface area contributed by atoms with Crippen molar-refractivity contribution in [3.8, 4) is 0 Å². The summed E-state index contributed by atoms with van der Waals surface area (Å²) in [5, 5.41) is 0. The molecule has 1 heterocycles. The van der Waals surface area contributed by atoms with Gasteiger partial charge < -0.3 is 4.90 Å². The fraction of sp³-hybridized carbons (Fsp3) is 0.429. The number of nitrogens with zero attached hydrogens (tertiary/aromatic N) is 1. The molecule has 1 fully saturated rings. The van der Waals surface area contributed by atoms with Crippen LogP contribution in [0.3, 0.4) is 0 Å². The second kappa shape index (κ2) is 4.52. The standard InChI is InChI=1S/C14H19N/c1-12-4-3-10-15(11-9-12)14-7-5-13(2)6-8-14/h5-8H,1,3-4,9-11H2,2H3. The molecule has 0 aromatic heterocycles. The van der Waals surface area contributed by atoms with E-state index in [-0.39, 0.29) is 0 Å². The highest BCUT2D eigenvalue weighted by atomic mass is 15.1. The summed E-state index contributed by atoms with van der Waals surface area (Å²) in [5.74, 6) is 0. The van der Waals surface area contributed by atoms with Gasteiger partial charge in [0.2, 0.25) is 0 Å². The zero-order valence-corrected chi connectivity index (χ0v) is 9.50. The Morgan fingerprint density at radius 3 is 2.53 bits per heavy atom. The van der Waals surface area contributed by atoms with E-state index < -0.39 is 0 Å². The van der Waals surface area contributed by atoms with Crippen LogP contribution in [-0.2, 0) is 0 Å². The number of aryl methyl sites for hydroxylation is 1. The Labute approximate surface area is 92.4 Å². The van der Waals surface area contributed by atoms with E-state index in [0.29, 0.717) is 0 Å². The summed E-state index contributed by atoms with van der Waals surface area (Å²) in [4.78, 5) is 2.47. The van der Waals surface area contributed by atoms with E-state index in [9.17, 15) is 0 Å². The maximum Gasteiger partial charge on any atom is 0.0366 e. The second-order valence-corrected chi connectivity index (χ2v) is 4.43. The Morgan fingerprint density at radius 1 is 1.07 bits per heavy atom. The lowest BCUT2D eigenvalue weighted by Gasteiger charge is -2.22. The second-order valence-electron chi connectivity index (χ2n) is 4.43. The van der Waals surface area contributed by atoms with Gasteiger partial charge in [0.1, 0.15) is 0 Å².